The number of rotatable bonds is 7. The summed E-state index contributed by atoms with van der Waals surface area (Å²) in [6.45, 7) is 4.43. The van der Waals surface area contributed by atoms with Gasteiger partial charge in [0.1, 0.15) is 23.2 Å². The lowest BCUT2D eigenvalue weighted by atomic mass is 10.1. The first kappa shape index (κ1) is 23.8. The predicted molar refractivity (Wildman–Crippen MR) is 132 cm³/mol. The van der Waals surface area contributed by atoms with Gasteiger partial charge in [0.25, 0.3) is 5.91 Å². The maximum absolute atomic E-state index is 14.1. The van der Waals surface area contributed by atoms with E-state index in [-0.39, 0.29) is 33.9 Å². The van der Waals surface area contributed by atoms with E-state index in [4.69, 9.17) is 27.9 Å². The standard InChI is InChI=1S/C26H22Cl2FN3O2/c1-16-9-10-24(17(2)11-16)34-15-18-5-3-6-19(12-18)26(33)30-25-22(28)14-32(31-25)13-20-21(27)7-4-8-23(20)29/h3-12,14H,13,15H2,1-2H3,(H,30,31,33). The second kappa shape index (κ2) is 10.3. The van der Waals surface area contributed by atoms with Crippen molar-refractivity contribution in [3.05, 3.63) is 111 Å². The molecule has 1 heterocycles. The van der Waals surface area contributed by atoms with Gasteiger partial charge >= 0.3 is 0 Å². The zero-order valence-electron chi connectivity index (χ0n) is 18.6. The van der Waals surface area contributed by atoms with E-state index in [1.807, 2.05) is 32.0 Å². The van der Waals surface area contributed by atoms with Crippen LogP contribution in [0.4, 0.5) is 10.2 Å². The Morgan fingerprint density at radius 1 is 1.06 bits per heavy atom. The Morgan fingerprint density at radius 2 is 1.85 bits per heavy atom. The SMILES string of the molecule is Cc1ccc(OCc2cccc(C(=O)Nc3nn(Cc4c(F)cccc4Cl)cc3Cl)c2)c(C)c1. The summed E-state index contributed by atoms with van der Waals surface area (Å²) in [6.07, 6.45) is 1.51. The summed E-state index contributed by atoms with van der Waals surface area (Å²) in [7, 11) is 0. The minimum Gasteiger partial charge on any atom is -0.489 e. The Hall–Kier alpha value is -3.35. The summed E-state index contributed by atoms with van der Waals surface area (Å²) in [6, 6.07) is 17.6. The molecule has 0 aliphatic heterocycles. The quantitative estimate of drug-likeness (QED) is 0.304. The molecule has 8 heteroatoms. The highest BCUT2D eigenvalue weighted by Crippen LogP contribution is 2.25. The minimum absolute atomic E-state index is 0.0757. The normalized spacial score (nSPS) is 10.9. The highest BCUT2D eigenvalue weighted by Gasteiger charge is 2.15. The molecule has 0 saturated heterocycles. The number of aromatic nitrogens is 2. The zero-order valence-corrected chi connectivity index (χ0v) is 20.1. The van der Waals surface area contributed by atoms with Gasteiger partial charge in [-0.3, -0.25) is 9.48 Å². The third-order valence-electron chi connectivity index (χ3n) is 5.24. The van der Waals surface area contributed by atoms with Gasteiger partial charge in [-0.25, -0.2) is 4.39 Å². The highest BCUT2D eigenvalue weighted by molar-refractivity contribution is 6.33. The van der Waals surface area contributed by atoms with Gasteiger partial charge < -0.3 is 10.1 Å². The van der Waals surface area contributed by atoms with Crippen molar-refractivity contribution in [2.45, 2.75) is 27.0 Å². The number of carbonyl (C=O) groups excluding carboxylic acids is 1. The van der Waals surface area contributed by atoms with Crippen molar-refractivity contribution in [2.24, 2.45) is 0 Å². The number of ether oxygens (including phenoxy) is 1. The van der Waals surface area contributed by atoms with Crippen LogP contribution in [0.15, 0.2) is 66.9 Å². The predicted octanol–water partition coefficient (Wildman–Crippen LogP) is 6.83. The molecule has 0 spiro atoms. The summed E-state index contributed by atoms with van der Waals surface area (Å²) in [5.41, 5.74) is 3.79. The monoisotopic (exact) mass is 497 g/mol. The number of hydrogen-bond donors (Lipinski definition) is 1. The van der Waals surface area contributed by atoms with Crippen LogP contribution < -0.4 is 10.1 Å². The van der Waals surface area contributed by atoms with Crippen LogP contribution in [0.2, 0.25) is 10.0 Å². The Morgan fingerprint density at radius 3 is 2.62 bits per heavy atom. The van der Waals surface area contributed by atoms with Crippen LogP contribution in [-0.4, -0.2) is 15.7 Å². The number of halogens is 3. The van der Waals surface area contributed by atoms with Gasteiger partial charge in [-0.1, -0.05) is 59.1 Å². The number of benzene rings is 3. The molecule has 1 aromatic heterocycles. The molecule has 0 aliphatic carbocycles. The number of carbonyl (C=O) groups is 1. The average molecular weight is 498 g/mol. The summed E-state index contributed by atoms with van der Waals surface area (Å²) < 4.78 is 21.4. The first-order valence-electron chi connectivity index (χ1n) is 10.6. The molecular formula is C26H22Cl2FN3O2. The van der Waals surface area contributed by atoms with Crippen LogP contribution in [0.3, 0.4) is 0 Å². The molecule has 0 unspecified atom stereocenters. The van der Waals surface area contributed by atoms with Gasteiger partial charge in [0.2, 0.25) is 0 Å². The second-order valence-electron chi connectivity index (χ2n) is 7.94. The molecule has 174 valence electrons. The largest absolute Gasteiger partial charge is 0.489 e. The lowest BCUT2D eigenvalue weighted by molar-refractivity contribution is 0.102. The van der Waals surface area contributed by atoms with E-state index < -0.39 is 5.82 Å². The smallest absolute Gasteiger partial charge is 0.256 e. The highest BCUT2D eigenvalue weighted by atomic mass is 35.5. The number of aryl methyl sites for hydroxylation is 2. The van der Waals surface area contributed by atoms with Crippen molar-refractivity contribution in [2.75, 3.05) is 5.32 Å². The maximum atomic E-state index is 14.1. The zero-order chi connectivity index (χ0) is 24.2. The minimum atomic E-state index is -0.440. The van der Waals surface area contributed by atoms with Gasteiger partial charge in [0, 0.05) is 22.3 Å². The van der Waals surface area contributed by atoms with Crippen LogP contribution in [-0.2, 0) is 13.2 Å². The van der Waals surface area contributed by atoms with Crippen LogP contribution in [0, 0.1) is 19.7 Å². The molecule has 5 nitrogen and oxygen atoms in total. The molecule has 4 aromatic rings. The van der Waals surface area contributed by atoms with Crippen molar-refractivity contribution in [1.29, 1.82) is 0 Å². The van der Waals surface area contributed by atoms with Crippen molar-refractivity contribution in [3.8, 4) is 5.75 Å². The molecule has 0 atom stereocenters. The first-order chi connectivity index (χ1) is 16.3. The van der Waals surface area contributed by atoms with Gasteiger partial charge in [-0.2, -0.15) is 5.10 Å². The van der Waals surface area contributed by atoms with Gasteiger partial charge in [-0.05, 0) is 55.3 Å². The van der Waals surface area contributed by atoms with Gasteiger partial charge in [0.15, 0.2) is 5.82 Å². The summed E-state index contributed by atoms with van der Waals surface area (Å²) in [5.74, 6) is 0.165. The molecule has 4 rings (SSSR count). The lowest BCUT2D eigenvalue weighted by Gasteiger charge is -2.11. The van der Waals surface area contributed by atoms with E-state index in [2.05, 4.69) is 16.5 Å². The fourth-order valence-electron chi connectivity index (χ4n) is 3.51. The molecule has 3 aromatic carbocycles. The molecule has 0 aliphatic rings. The van der Waals surface area contributed by atoms with E-state index in [9.17, 15) is 9.18 Å². The Bertz CT molecular complexity index is 1330. The summed E-state index contributed by atoms with van der Waals surface area (Å²) >= 11 is 12.3. The number of hydrogen-bond acceptors (Lipinski definition) is 3. The summed E-state index contributed by atoms with van der Waals surface area (Å²) in [5, 5.41) is 7.50. The van der Waals surface area contributed by atoms with Crippen molar-refractivity contribution in [1.82, 2.24) is 9.78 Å². The van der Waals surface area contributed by atoms with Crippen LogP contribution in [0.25, 0.3) is 0 Å². The summed E-state index contributed by atoms with van der Waals surface area (Å²) in [4.78, 5) is 12.8. The molecule has 0 radical (unpaired) electrons. The van der Waals surface area contributed by atoms with Gasteiger partial charge in [0.05, 0.1) is 6.54 Å². The fraction of sp³-hybridized carbons (Fsp3) is 0.154. The van der Waals surface area contributed by atoms with Crippen molar-refractivity contribution < 1.29 is 13.9 Å². The van der Waals surface area contributed by atoms with Crippen LogP contribution >= 0.6 is 23.2 Å². The van der Waals surface area contributed by atoms with E-state index in [1.54, 1.807) is 24.3 Å². The lowest BCUT2D eigenvalue weighted by Crippen LogP contribution is -2.14. The molecular weight excluding hydrogens is 476 g/mol. The molecule has 1 amide bonds. The van der Waals surface area contributed by atoms with E-state index in [1.165, 1.54) is 28.6 Å². The van der Waals surface area contributed by atoms with E-state index in [0.29, 0.717) is 12.2 Å². The first-order valence-corrected chi connectivity index (χ1v) is 11.3. The maximum Gasteiger partial charge on any atom is 0.256 e. The van der Waals surface area contributed by atoms with Crippen LogP contribution in [0.1, 0.15) is 32.6 Å². The molecule has 1 N–H and O–H groups in total. The van der Waals surface area contributed by atoms with Crippen LogP contribution in [0.5, 0.6) is 5.75 Å². The Labute approximate surface area is 207 Å². The Kier molecular flexibility index (Phi) is 7.20. The molecule has 0 fully saturated rings. The number of nitrogens with zero attached hydrogens (tertiary/aromatic N) is 2. The van der Waals surface area contributed by atoms with Gasteiger partial charge in [-0.15, -0.1) is 0 Å². The van der Waals surface area contributed by atoms with Crippen molar-refractivity contribution >= 4 is 34.9 Å². The molecule has 0 saturated carbocycles. The molecule has 0 bridgehead atoms. The number of anilines is 1. The number of nitrogens with one attached hydrogen (secondary N) is 1. The second-order valence-corrected chi connectivity index (χ2v) is 8.75. The van der Waals surface area contributed by atoms with E-state index in [0.717, 1.165) is 16.9 Å². The third kappa shape index (κ3) is 5.58. The average Bonchev–Trinajstić information content (AvgIpc) is 3.14. The van der Waals surface area contributed by atoms with E-state index >= 15 is 0 Å². The van der Waals surface area contributed by atoms with Crippen molar-refractivity contribution in [3.63, 3.8) is 0 Å². The fourth-order valence-corrected chi connectivity index (χ4v) is 3.93. The topological polar surface area (TPSA) is 56.1 Å². The molecule has 34 heavy (non-hydrogen) atoms. The Balaban J connectivity index is 1.44. The number of amides is 1. The third-order valence-corrected chi connectivity index (χ3v) is 5.88.